The maximum atomic E-state index is 12.8. The second kappa shape index (κ2) is 8.44. The molecule has 4 heteroatoms. The van der Waals surface area contributed by atoms with Gasteiger partial charge in [0.2, 0.25) is 0 Å². The van der Waals surface area contributed by atoms with Crippen LogP contribution in [0.3, 0.4) is 0 Å². The summed E-state index contributed by atoms with van der Waals surface area (Å²) in [4.78, 5) is 15.2. The molecule has 1 atom stereocenters. The molecule has 144 valence electrons. The molecule has 2 N–H and O–H groups in total. The number of hydrogen-bond acceptors (Lipinski definition) is 3. The second-order valence-corrected chi connectivity index (χ2v) is 7.65. The average Bonchev–Trinajstić information content (AvgIpc) is 2.73. The van der Waals surface area contributed by atoms with E-state index in [1.807, 2.05) is 54.6 Å². The largest absolute Gasteiger partial charge is 0.508 e. The van der Waals surface area contributed by atoms with Crippen LogP contribution in [0.4, 0.5) is 0 Å². The predicted octanol–water partition coefficient (Wildman–Crippen LogP) is 4.19. The first-order valence-electron chi connectivity index (χ1n) is 9.95. The highest BCUT2D eigenvalue weighted by molar-refractivity contribution is 6.06. The molecule has 1 aliphatic rings. The van der Waals surface area contributed by atoms with Gasteiger partial charge >= 0.3 is 0 Å². The highest BCUT2D eigenvalue weighted by Crippen LogP contribution is 2.21. The van der Waals surface area contributed by atoms with E-state index in [1.54, 1.807) is 12.1 Å². The third-order valence-electron chi connectivity index (χ3n) is 5.53. The van der Waals surface area contributed by atoms with Crippen LogP contribution in [0.5, 0.6) is 5.75 Å². The monoisotopic (exact) mass is 374 g/mol. The molecule has 0 radical (unpaired) electrons. The number of phenols is 1. The molecule has 0 spiro atoms. The molecule has 1 saturated heterocycles. The number of amides is 1. The van der Waals surface area contributed by atoms with Crippen molar-refractivity contribution in [2.75, 3.05) is 19.6 Å². The lowest BCUT2D eigenvalue weighted by atomic mass is 9.97. The molecule has 1 unspecified atom stereocenters. The van der Waals surface area contributed by atoms with Crippen LogP contribution in [0.2, 0.25) is 0 Å². The summed E-state index contributed by atoms with van der Waals surface area (Å²) in [5.74, 6) is 0.772. The Morgan fingerprint density at radius 3 is 2.68 bits per heavy atom. The van der Waals surface area contributed by atoms with E-state index < -0.39 is 0 Å². The van der Waals surface area contributed by atoms with Gasteiger partial charge in [-0.2, -0.15) is 0 Å². The van der Waals surface area contributed by atoms with Gasteiger partial charge in [0, 0.05) is 25.2 Å². The van der Waals surface area contributed by atoms with E-state index in [2.05, 4.69) is 10.2 Å². The summed E-state index contributed by atoms with van der Waals surface area (Å²) in [7, 11) is 0. The van der Waals surface area contributed by atoms with Crippen molar-refractivity contribution in [1.29, 1.82) is 0 Å². The van der Waals surface area contributed by atoms with E-state index in [0.29, 0.717) is 18.2 Å². The number of nitrogens with one attached hydrogen (secondary N) is 1. The Morgan fingerprint density at radius 1 is 1.04 bits per heavy atom. The first kappa shape index (κ1) is 18.5. The average molecular weight is 374 g/mol. The maximum Gasteiger partial charge on any atom is 0.251 e. The molecule has 0 saturated carbocycles. The van der Waals surface area contributed by atoms with Crippen LogP contribution in [0.1, 0.15) is 28.8 Å². The summed E-state index contributed by atoms with van der Waals surface area (Å²) >= 11 is 0. The summed E-state index contributed by atoms with van der Waals surface area (Å²) < 4.78 is 0. The van der Waals surface area contributed by atoms with Crippen LogP contribution in [0, 0.1) is 5.92 Å². The van der Waals surface area contributed by atoms with Gasteiger partial charge in [-0.3, -0.25) is 9.69 Å². The Kier molecular flexibility index (Phi) is 5.58. The summed E-state index contributed by atoms with van der Waals surface area (Å²) in [6, 6.07) is 21.3. The third kappa shape index (κ3) is 4.34. The van der Waals surface area contributed by atoms with Gasteiger partial charge < -0.3 is 10.4 Å². The van der Waals surface area contributed by atoms with Crippen LogP contribution in [0.25, 0.3) is 10.8 Å². The van der Waals surface area contributed by atoms with Crippen molar-refractivity contribution < 1.29 is 9.90 Å². The number of phenolic OH excluding ortho intramolecular Hbond substituents is 1. The normalized spacial score (nSPS) is 17.5. The Hall–Kier alpha value is -2.85. The SMILES string of the molecule is O=C(NCC1CCCN(Cc2ccc(O)cc2)C1)c1cccc2ccccc12. The molecule has 28 heavy (non-hydrogen) atoms. The minimum Gasteiger partial charge on any atom is -0.508 e. The Balaban J connectivity index is 1.35. The number of piperidine rings is 1. The van der Waals surface area contributed by atoms with Crippen LogP contribution in [-0.4, -0.2) is 35.5 Å². The lowest BCUT2D eigenvalue weighted by Crippen LogP contribution is -2.40. The predicted molar refractivity (Wildman–Crippen MR) is 112 cm³/mol. The summed E-state index contributed by atoms with van der Waals surface area (Å²) in [5.41, 5.74) is 1.95. The Morgan fingerprint density at radius 2 is 1.82 bits per heavy atom. The van der Waals surface area contributed by atoms with Crippen LogP contribution in [-0.2, 0) is 6.54 Å². The smallest absolute Gasteiger partial charge is 0.251 e. The third-order valence-corrected chi connectivity index (χ3v) is 5.53. The summed E-state index contributed by atoms with van der Waals surface area (Å²) in [6.45, 7) is 3.65. The van der Waals surface area contributed by atoms with Crippen molar-refractivity contribution in [2.24, 2.45) is 5.92 Å². The molecular weight excluding hydrogens is 348 g/mol. The number of nitrogens with zero attached hydrogens (tertiary/aromatic N) is 1. The number of carbonyl (C=O) groups excluding carboxylic acids is 1. The zero-order chi connectivity index (χ0) is 19.3. The Labute approximate surface area is 165 Å². The topological polar surface area (TPSA) is 52.6 Å². The van der Waals surface area contributed by atoms with Crippen molar-refractivity contribution in [1.82, 2.24) is 10.2 Å². The van der Waals surface area contributed by atoms with Crippen LogP contribution < -0.4 is 5.32 Å². The second-order valence-electron chi connectivity index (χ2n) is 7.65. The number of fused-ring (bicyclic) bond motifs is 1. The Bertz CT molecular complexity index is 947. The van der Waals surface area contributed by atoms with Gasteiger partial charge in [-0.05, 0) is 59.8 Å². The van der Waals surface area contributed by atoms with Crippen molar-refractivity contribution >= 4 is 16.7 Å². The molecule has 1 heterocycles. The molecule has 3 aromatic carbocycles. The van der Waals surface area contributed by atoms with E-state index in [1.165, 1.54) is 5.56 Å². The standard InChI is InChI=1S/C24H26N2O2/c27-21-12-10-18(11-13-21)16-26-14-4-5-19(17-26)15-25-24(28)23-9-3-7-20-6-1-2-8-22(20)23/h1-3,6-13,19,27H,4-5,14-17H2,(H,25,28). The molecule has 1 fully saturated rings. The van der Waals surface area contributed by atoms with Crippen molar-refractivity contribution in [3.8, 4) is 5.75 Å². The van der Waals surface area contributed by atoms with Gasteiger partial charge in [-0.25, -0.2) is 0 Å². The minimum absolute atomic E-state index is 0.00691. The number of aromatic hydroxyl groups is 1. The number of likely N-dealkylation sites (tertiary alicyclic amines) is 1. The van der Waals surface area contributed by atoms with E-state index >= 15 is 0 Å². The lowest BCUT2D eigenvalue weighted by Gasteiger charge is -2.32. The van der Waals surface area contributed by atoms with Gasteiger partial charge in [0.25, 0.3) is 5.91 Å². The number of hydrogen-bond donors (Lipinski definition) is 2. The van der Waals surface area contributed by atoms with E-state index in [0.717, 1.165) is 48.8 Å². The van der Waals surface area contributed by atoms with E-state index in [-0.39, 0.29) is 5.91 Å². The van der Waals surface area contributed by atoms with Gasteiger partial charge in [0.15, 0.2) is 0 Å². The fraction of sp³-hybridized carbons (Fsp3) is 0.292. The zero-order valence-corrected chi connectivity index (χ0v) is 16.0. The fourth-order valence-corrected chi connectivity index (χ4v) is 4.08. The summed E-state index contributed by atoms with van der Waals surface area (Å²) in [6.07, 6.45) is 2.29. The molecule has 3 aromatic rings. The maximum absolute atomic E-state index is 12.8. The molecule has 0 aliphatic carbocycles. The fourth-order valence-electron chi connectivity index (χ4n) is 4.08. The van der Waals surface area contributed by atoms with Crippen molar-refractivity contribution in [2.45, 2.75) is 19.4 Å². The van der Waals surface area contributed by atoms with E-state index in [9.17, 15) is 9.90 Å². The molecule has 1 aliphatic heterocycles. The van der Waals surface area contributed by atoms with Crippen LogP contribution in [0.15, 0.2) is 66.7 Å². The molecule has 0 aromatic heterocycles. The highest BCUT2D eigenvalue weighted by atomic mass is 16.3. The van der Waals surface area contributed by atoms with Crippen molar-refractivity contribution in [3.63, 3.8) is 0 Å². The van der Waals surface area contributed by atoms with Gasteiger partial charge in [0.05, 0.1) is 0 Å². The first-order chi connectivity index (χ1) is 13.7. The minimum atomic E-state index is 0.00691. The molecule has 4 nitrogen and oxygen atoms in total. The van der Waals surface area contributed by atoms with Gasteiger partial charge in [0.1, 0.15) is 5.75 Å². The highest BCUT2D eigenvalue weighted by Gasteiger charge is 2.21. The zero-order valence-electron chi connectivity index (χ0n) is 16.0. The molecule has 4 rings (SSSR count). The number of rotatable bonds is 5. The van der Waals surface area contributed by atoms with E-state index in [4.69, 9.17) is 0 Å². The lowest BCUT2D eigenvalue weighted by molar-refractivity contribution is 0.0932. The van der Waals surface area contributed by atoms with Crippen LogP contribution >= 0.6 is 0 Å². The van der Waals surface area contributed by atoms with Crippen molar-refractivity contribution in [3.05, 3.63) is 77.9 Å². The quantitative estimate of drug-likeness (QED) is 0.704. The number of benzene rings is 3. The summed E-state index contributed by atoms with van der Waals surface area (Å²) in [5, 5.41) is 14.7. The van der Waals surface area contributed by atoms with Gasteiger partial charge in [-0.15, -0.1) is 0 Å². The molecular formula is C24H26N2O2. The molecule has 1 amide bonds. The first-order valence-corrected chi connectivity index (χ1v) is 9.95. The number of carbonyl (C=O) groups is 1. The van der Waals surface area contributed by atoms with Gasteiger partial charge in [-0.1, -0.05) is 48.5 Å². The molecule has 0 bridgehead atoms.